The molecule has 3 rings (SSSR count). The minimum absolute atomic E-state index is 0.0367. The molecular formula is C25H31ClN4O4. The van der Waals surface area contributed by atoms with Crippen molar-refractivity contribution in [2.75, 3.05) is 26.8 Å². The summed E-state index contributed by atoms with van der Waals surface area (Å²) in [6.07, 6.45) is 2.54. The van der Waals surface area contributed by atoms with Crippen molar-refractivity contribution in [3.05, 3.63) is 59.1 Å². The first-order valence-corrected chi connectivity index (χ1v) is 11.7. The monoisotopic (exact) mass is 486 g/mol. The maximum absolute atomic E-state index is 13.2. The molecule has 9 heteroatoms. The summed E-state index contributed by atoms with van der Waals surface area (Å²) in [6, 6.07) is 14.0. The number of carbonyl (C=O) groups excluding carboxylic acids is 2. The Labute approximate surface area is 205 Å². The second-order valence-corrected chi connectivity index (χ2v) is 8.63. The first-order valence-electron chi connectivity index (χ1n) is 11.4. The summed E-state index contributed by atoms with van der Waals surface area (Å²) >= 11 is 5.99. The lowest BCUT2D eigenvalue weighted by molar-refractivity contribution is -0.143. The number of amides is 2. The standard InChI is InChI=1S/C25H31ClN4O4/c1-3-33-23(31)14-15-29(2)25(32)30(16-18-6-8-20(26)9-7-18)24(27)28-21-10-12-22(13-11-21)34-17-19-4-5-19/h6-13,19H,3-5,14-17H2,1-2H3,(H2,27,28). The van der Waals surface area contributed by atoms with Crippen LogP contribution in [0.25, 0.3) is 0 Å². The van der Waals surface area contributed by atoms with Crippen molar-refractivity contribution < 1.29 is 19.1 Å². The fourth-order valence-electron chi connectivity index (χ4n) is 3.12. The third-order valence-electron chi connectivity index (χ3n) is 5.31. The lowest BCUT2D eigenvalue weighted by Crippen LogP contribution is -2.47. The van der Waals surface area contributed by atoms with Gasteiger partial charge in [-0.3, -0.25) is 9.69 Å². The number of hydrogen-bond donors (Lipinski definition) is 1. The Hall–Kier alpha value is -3.26. The number of ether oxygens (including phenoxy) is 2. The molecule has 1 aliphatic carbocycles. The van der Waals surface area contributed by atoms with E-state index in [-0.39, 0.29) is 37.5 Å². The van der Waals surface area contributed by atoms with E-state index in [0.29, 0.717) is 23.2 Å². The Morgan fingerprint density at radius 3 is 2.41 bits per heavy atom. The molecule has 0 aliphatic heterocycles. The maximum Gasteiger partial charge on any atom is 0.326 e. The average Bonchev–Trinajstić information content (AvgIpc) is 3.66. The van der Waals surface area contributed by atoms with Crippen LogP contribution in [0.4, 0.5) is 10.5 Å². The van der Waals surface area contributed by atoms with Crippen molar-refractivity contribution >= 4 is 35.2 Å². The van der Waals surface area contributed by atoms with Gasteiger partial charge in [-0.25, -0.2) is 9.79 Å². The summed E-state index contributed by atoms with van der Waals surface area (Å²) in [5, 5.41) is 0.596. The van der Waals surface area contributed by atoms with Gasteiger partial charge in [0.15, 0.2) is 0 Å². The zero-order chi connectivity index (χ0) is 24.5. The zero-order valence-corrected chi connectivity index (χ0v) is 20.3. The van der Waals surface area contributed by atoms with E-state index in [0.717, 1.165) is 17.9 Å². The molecular weight excluding hydrogens is 456 g/mol. The second-order valence-electron chi connectivity index (χ2n) is 8.19. The topological polar surface area (TPSA) is 97.5 Å². The third-order valence-corrected chi connectivity index (χ3v) is 5.56. The smallest absolute Gasteiger partial charge is 0.326 e. The van der Waals surface area contributed by atoms with Crippen LogP contribution in [0.3, 0.4) is 0 Å². The third kappa shape index (κ3) is 7.95. The number of halogens is 1. The van der Waals surface area contributed by atoms with Crippen LogP contribution < -0.4 is 10.5 Å². The van der Waals surface area contributed by atoms with Gasteiger partial charge >= 0.3 is 12.0 Å². The van der Waals surface area contributed by atoms with Gasteiger partial charge in [0.2, 0.25) is 5.96 Å². The Morgan fingerprint density at radius 2 is 1.79 bits per heavy atom. The van der Waals surface area contributed by atoms with E-state index >= 15 is 0 Å². The molecule has 2 aromatic carbocycles. The van der Waals surface area contributed by atoms with Gasteiger partial charge in [-0.15, -0.1) is 0 Å². The van der Waals surface area contributed by atoms with Crippen LogP contribution in [0.1, 0.15) is 31.7 Å². The first kappa shape index (κ1) is 25.4. The fraction of sp³-hybridized carbons (Fsp3) is 0.400. The van der Waals surface area contributed by atoms with E-state index < -0.39 is 0 Å². The number of urea groups is 1. The summed E-state index contributed by atoms with van der Waals surface area (Å²) in [4.78, 5) is 32.2. The summed E-state index contributed by atoms with van der Waals surface area (Å²) in [5.74, 6) is 1.12. The molecule has 2 N–H and O–H groups in total. The van der Waals surface area contributed by atoms with Gasteiger partial charge in [0.25, 0.3) is 0 Å². The Bertz CT molecular complexity index is 991. The zero-order valence-electron chi connectivity index (χ0n) is 19.6. The molecule has 0 aromatic heterocycles. The van der Waals surface area contributed by atoms with Crippen LogP contribution in [-0.4, -0.2) is 54.6 Å². The Balaban J connectivity index is 1.73. The molecule has 1 fully saturated rings. The molecule has 182 valence electrons. The highest BCUT2D eigenvalue weighted by atomic mass is 35.5. The number of benzene rings is 2. The van der Waals surface area contributed by atoms with Crippen LogP contribution >= 0.6 is 11.6 Å². The van der Waals surface area contributed by atoms with Crippen molar-refractivity contribution in [2.24, 2.45) is 16.6 Å². The van der Waals surface area contributed by atoms with Gasteiger partial charge in [0.05, 0.1) is 31.9 Å². The van der Waals surface area contributed by atoms with Crippen LogP contribution in [0.2, 0.25) is 5.02 Å². The summed E-state index contributed by atoms with van der Waals surface area (Å²) in [7, 11) is 1.61. The van der Waals surface area contributed by atoms with Crippen molar-refractivity contribution in [3.63, 3.8) is 0 Å². The molecule has 1 aliphatic rings. The molecule has 0 radical (unpaired) electrons. The molecule has 2 aromatic rings. The van der Waals surface area contributed by atoms with Crippen LogP contribution in [0.5, 0.6) is 5.75 Å². The number of hydrogen-bond acceptors (Lipinski definition) is 5. The van der Waals surface area contributed by atoms with E-state index in [2.05, 4.69) is 4.99 Å². The van der Waals surface area contributed by atoms with Crippen LogP contribution in [0.15, 0.2) is 53.5 Å². The molecule has 2 amide bonds. The molecule has 0 bridgehead atoms. The second kappa shape index (κ2) is 12.3. The predicted molar refractivity (Wildman–Crippen MR) is 132 cm³/mol. The maximum atomic E-state index is 13.2. The highest BCUT2D eigenvalue weighted by Gasteiger charge is 2.23. The van der Waals surface area contributed by atoms with Crippen molar-refractivity contribution in [2.45, 2.75) is 32.7 Å². The number of rotatable bonds is 10. The predicted octanol–water partition coefficient (Wildman–Crippen LogP) is 4.58. The van der Waals surface area contributed by atoms with Gasteiger partial charge < -0.3 is 20.1 Å². The van der Waals surface area contributed by atoms with Gasteiger partial charge in [0.1, 0.15) is 5.75 Å². The average molecular weight is 487 g/mol. The van der Waals surface area contributed by atoms with E-state index in [4.69, 9.17) is 26.8 Å². The molecule has 8 nitrogen and oxygen atoms in total. The number of nitrogens with two attached hydrogens (primary N) is 1. The summed E-state index contributed by atoms with van der Waals surface area (Å²) in [5.41, 5.74) is 7.72. The Kier molecular flexibility index (Phi) is 9.16. The summed E-state index contributed by atoms with van der Waals surface area (Å²) < 4.78 is 10.7. The normalized spacial score (nSPS) is 13.3. The minimum atomic E-state index is -0.384. The van der Waals surface area contributed by atoms with E-state index in [1.165, 1.54) is 22.6 Å². The Morgan fingerprint density at radius 1 is 1.12 bits per heavy atom. The molecule has 0 spiro atoms. The van der Waals surface area contributed by atoms with Crippen molar-refractivity contribution in [3.8, 4) is 5.75 Å². The molecule has 0 heterocycles. The molecule has 0 unspecified atom stereocenters. The van der Waals surface area contributed by atoms with Gasteiger partial charge in [-0.05, 0) is 67.6 Å². The van der Waals surface area contributed by atoms with Gasteiger partial charge in [-0.2, -0.15) is 0 Å². The lowest BCUT2D eigenvalue weighted by Gasteiger charge is -2.27. The SMILES string of the molecule is CCOC(=O)CCN(C)C(=O)N(Cc1ccc(Cl)cc1)C(N)=Nc1ccc(OCC2CC2)cc1. The van der Waals surface area contributed by atoms with E-state index in [1.807, 2.05) is 24.3 Å². The number of nitrogens with zero attached hydrogens (tertiary/aromatic N) is 3. The molecule has 1 saturated carbocycles. The van der Waals surface area contributed by atoms with E-state index in [1.54, 1.807) is 38.2 Å². The highest BCUT2D eigenvalue weighted by molar-refractivity contribution is 6.30. The van der Waals surface area contributed by atoms with Crippen molar-refractivity contribution in [1.82, 2.24) is 9.80 Å². The summed E-state index contributed by atoms with van der Waals surface area (Å²) in [6.45, 7) is 3.14. The molecule has 0 saturated heterocycles. The van der Waals surface area contributed by atoms with Gasteiger partial charge in [0, 0.05) is 18.6 Å². The quantitative estimate of drug-likeness (QED) is 0.301. The van der Waals surface area contributed by atoms with Crippen LogP contribution in [-0.2, 0) is 16.1 Å². The van der Waals surface area contributed by atoms with Gasteiger partial charge in [-0.1, -0.05) is 23.7 Å². The molecule has 0 atom stereocenters. The number of esters is 1. The molecule has 34 heavy (non-hydrogen) atoms. The first-order chi connectivity index (χ1) is 16.4. The number of carbonyl (C=O) groups is 2. The highest BCUT2D eigenvalue weighted by Crippen LogP contribution is 2.30. The fourth-order valence-corrected chi connectivity index (χ4v) is 3.25. The number of guanidine groups is 1. The lowest BCUT2D eigenvalue weighted by atomic mass is 10.2. The van der Waals surface area contributed by atoms with Crippen LogP contribution in [0, 0.1) is 5.92 Å². The largest absolute Gasteiger partial charge is 0.493 e. The number of aliphatic imine (C=N–C) groups is 1. The minimum Gasteiger partial charge on any atom is -0.493 e. The van der Waals surface area contributed by atoms with Crippen molar-refractivity contribution in [1.29, 1.82) is 0 Å². The van der Waals surface area contributed by atoms with E-state index in [9.17, 15) is 9.59 Å².